The van der Waals surface area contributed by atoms with Gasteiger partial charge in [-0.2, -0.15) is 0 Å². The number of pyridine rings is 1. The third kappa shape index (κ3) is 3.27. The molecule has 5 heteroatoms. The summed E-state index contributed by atoms with van der Waals surface area (Å²) >= 11 is 0. The van der Waals surface area contributed by atoms with E-state index in [-0.39, 0.29) is 17.9 Å². The SMILES string of the molecule is CC1Cc2ccccc2N1C(=O)C(C)(C)C(=O)NCc1ccccn1. The Labute approximate surface area is 148 Å². The van der Waals surface area contributed by atoms with Gasteiger partial charge in [-0.3, -0.25) is 14.6 Å². The third-order valence-electron chi connectivity index (χ3n) is 4.68. The maximum atomic E-state index is 13.1. The van der Waals surface area contributed by atoms with Gasteiger partial charge in [-0.05, 0) is 51.0 Å². The second-order valence-corrected chi connectivity index (χ2v) is 6.99. The number of para-hydroxylation sites is 1. The molecule has 0 aliphatic carbocycles. The second-order valence-electron chi connectivity index (χ2n) is 6.99. The Kier molecular flexibility index (Phi) is 4.57. The fourth-order valence-electron chi connectivity index (χ4n) is 3.17. The summed E-state index contributed by atoms with van der Waals surface area (Å²) in [5.41, 5.74) is 1.66. The minimum Gasteiger partial charge on any atom is -0.350 e. The minimum absolute atomic E-state index is 0.0489. The molecule has 0 saturated heterocycles. The summed E-state index contributed by atoms with van der Waals surface area (Å²) in [5.74, 6) is -0.469. The lowest BCUT2D eigenvalue weighted by molar-refractivity contribution is -0.140. The summed E-state index contributed by atoms with van der Waals surface area (Å²) in [7, 11) is 0. The predicted octanol–water partition coefficient (Wildman–Crippen LogP) is 2.70. The van der Waals surface area contributed by atoms with Crippen LogP contribution < -0.4 is 10.2 Å². The van der Waals surface area contributed by atoms with Gasteiger partial charge in [0.15, 0.2) is 0 Å². The number of anilines is 1. The van der Waals surface area contributed by atoms with Crippen molar-refractivity contribution in [1.29, 1.82) is 0 Å². The Balaban J connectivity index is 1.75. The summed E-state index contributed by atoms with van der Waals surface area (Å²) in [5, 5.41) is 2.83. The third-order valence-corrected chi connectivity index (χ3v) is 4.68. The molecule has 5 nitrogen and oxygen atoms in total. The van der Waals surface area contributed by atoms with E-state index >= 15 is 0 Å². The van der Waals surface area contributed by atoms with Crippen LogP contribution in [0.25, 0.3) is 0 Å². The lowest BCUT2D eigenvalue weighted by Gasteiger charge is -2.31. The Morgan fingerprint density at radius 2 is 1.92 bits per heavy atom. The number of rotatable bonds is 4. The number of nitrogens with zero attached hydrogens (tertiary/aromatic N) is 2. The van der Waals surface area contributed by atoms with Crippen molar-refractivity contribution in [3.05, 3.63) is 59.9 Å². The molecule has 0 fully saturated rings. The summed E-state index contributed by atoms with van der Waals surface area (Å²) in [6.45, 7) is 5.68. The van der Waals surface area contributed by atoms with Crippen LogP contribution in [0, 0.1) is 5.41 Å². The number of aromatic nitrogens is 1. The van der Waals surface area contributed by atoms with Crippen molar-refractivity contribution in [2.75, 3.05) is 4.90 Å². The quantitative estimate of drug-likeness (QED) is 0.873. The van der Waals surface area contributed by atoms with Gasteiger partial charge in [0.1, 0.15) is 5.41 Å². The highest BCUT2D eigenvalue weighted by Gasteiger charge is 2.43. The number of carbonyl (C=O) groups is 2. The molecule has 1 aromatic carbocycles. The molecule has 25 heavy (non-hydrogen) atoms. The zero-order chi connectivity index (χ0) is 18.0. The zero-order valence-corrected chi connectivity index (χ0v) is 14.8. The van der Waals surface area contributed by atoms with Gasteiger partial charge in [0.2, 0.25) is 11.8 Å². The highest BCUT2D eigenvalue weighted by Crippen LogP contribution is 2.35. The van der Waals surface area contributed by atoms with Crippen molar-refractivity contribution in [3.63, 3.8) is 0 Å². The van der Waals surface area contributed by atoms with E-state index in [1.807, 2.05) is 49.4 Å². The van der Waals surface area contributed by atoms with E-state index in [4.69, 9.17) is 0 Å². The van der Waals surface area contributed by atoms with Gasteiger partial charge < -0.3 is 10.2 Å². The van der Waals surface area contributed by atoms with Crippen molar-refractivity contribution >= 4 is 17.5 Å². The molecule has 1 aliphatic rings. The molecule has 1 unspecified atom stereocenters. The van der Waals surface area contributed by atoms with Crippen LogP contribution >= 0.6 is 0 Å². The van der Waals surface area contributed by atoms with Gasteiger partial charge in [-0.25, -0.2) is 0 Å². The van der Waals surface area contributed by atoms with Crippen LogP contribution in [0.4, 0.5) is 5.69 Å². The van der Waals surface area contributed by atoms with E-state index in [1.165, 1.54) is 0 Å². The van der Waals surface area contributed by atoms with Crippen LogP contribution in [0.3, 0.4) is 0 Å². The molecule has 1 aromatic heterocycles. The Hall–Kier alpha value is -2.69. The monoisotopic (exact) mass is 337 g/mol. The molecule has 1 atom stereocenters. The summed E-state index contributed by atoms with van der Waals surface area (Å²) in [6.07, 6.45) is 2.49. The maximum absolute atomic E-state index is 13.1. The summed E-state index contributed by atoms with van der Waals surface area (Å²) < 4.78 is 0. The first-order chi connectivity index (χ1) is 11.9. The Bertz CT molecular complexity index is 787. The maximum Gasteiger partial charge on any atom is 0.242 e. The van der Waals surface area contributed by atoms with E-state index in [0.717, 1.165) is 23.4 Å². The first-order valence-electron chi connectivity index (χ1n) is 8.51. The fraction of sp³-hybridized carbons (Fsp3) is 0.350. The molecule has 0 saturated carbocycles. The van der Waals surface area contributed by atoms with Gasteiger partial charge in [0.25, 0.3) is 0 Å². The van der Waals surface area contributed by atoms with Crippen LogP contribution in [0.15, 0.2) is 48.7 Å². The number of amides is 2. The summed E-state index contributed by atoms with van der Waals surface area (Å²) in [6, 6.07) is 13.5. The van der Waals surface area contributed by atoms with Crippen molar-refractivity contribution in [1.82, 2.24) is 10.3 Å². The molecule has 2 aromatic rings. The van der Waals surface area contributed by atoms with Crippen LogP contribution in [-0.2, 0) is 22.6 Å². The number of hydrogen-bond donors (Lipinski definition) is 1. The average Bonchev–Trinajstić information content (AvgIpc) is 2.95. The van der Waals surface area contributed by atoms with Crippen LogP contribution in [-0.4, -0.2) is 22.8 Å². The highest BCUT2D eigenvalue weighted by molar-refractivity contribution is 6.12. The number of hydrogen-bond acceptors (Lipinski definition) is 3. The summed E-state index contributed by atoms with van der Waals surface area (Å²) in [4.78, 5) is 31.8. The van der Waals surface area contributed by atoms with E-state index < -0.39 is 5.41 Å². The minimum atomic E-state index is -1.15. The van der Waals surface area contributed by atoms with E-state index in [2.05, 4.69) is 10.3 Å². The molecule has 1 aliphatic heterocycles. The van der Waals surface area contributed by atoms with E-state index in [1.54, 1.807) is 24.9 Å². The average molecular weight is 337 g/mol. The van der Waals surface area contributed by atoms with Gasteiger partial charge in [-0.1, -0.05) is 24.3 Å². The molecular weight excluding hydrogens is 314 g/mol. The number of benzene rings is 1. The van der Waals surface area contributed by atoms with Crippen molar-refractivity contribution in [2.45, 2.75) is 39.8 Å². The number of fused-ring (bicyclic) bond motifs is 1. The number of carbonyl (C=O) groups excluding carboxylic acids is 2. The van der Waals surface area contributed by atoms with Gasteiger partial charge in [0, 0.05) is 17.9 Å². The largest absolute Gasteiger partial charge is 0.350 e. The molecule has 3 rings (SSSR count). The molecule has 2 amide bonds. The molecule has 0 radical (unpaired) electrons. The zero-order valence-electron chi connectivity index (χ0n) is 14.8. The van der Waals surface area contributed by atoms with Gasteiger partial charge in [-0.15, -0.1) is 0 Å². The lowest BCUT2D eigenvalue weighted by Crippen LogP contribution is -2.51. The fourth-order valence-corrected chi connectivity index (χ4v) is 3.17. The number of nitrogens with one attached hydrogen (secondary N) is 1. The van der Waals surface area contributed by atoms with Crippen LogP contribution in [0.1, 0.15) is 32.0 Å². The molecular formula is C20H23N3O2. The van der Waals surface area contributed by atoms with Crippen molar-refractivity contribution in [3.8, 4) is 0 Å². The molecule has 1 N–H and O–H groups in total. The van der Waals surface area contributed by atoms with Crippen molar-refractivity contribution in [2.24, 2.45) is 5.41 Å². The molecule has 0 bridgehead atoms. The topological polar surface area (TPSA) is 62.3 Å². The standard InChI is InChI=1S/C20H23N3O2/c1-14-12-15-8-4-5-10-17(15)23(14)19(25)20(2,3)18(24)22-13-16-9-6-7-11-21-16/h4-11,14H,12-13H2,1-3H3,(H,22,24). The first-order valence-corrected chi connectivity index (χ1v) is 8.51. The molecule has 2 heterocycles. The first kappa shape index (κ1) is 17.1. The van der Waals surface area contributed by atoms with Gasteiger partial charge in [0.05, 0.1) is 12.2 Å². The lowest BCUT2D eigenvalue weighted by atomic mass is 9.89. The Morgan fingerprint density at radius 3 is 2.64 bits per heavy atom. The molecule has 130 valence electrons. The second kappa shape index (κ2) is 6.67. The molecule has 0 spiro atoms. The van der Waals surface area contributed by atoms with E-state index in [9.17, 15) is 9.59 Å². The smallest absolute Gasteiger partial charge is 0.242 e. The van der Waals surface area contributed by atoms with E-state index in [0.29, 0.717) is 6.54 Å². The predicted molar refractivity (Wildman–Crippen MR) is 97.0 cm³/mol. The van der Waals surface area contributed by atoms with Crippen LogP contribution in [0.5, 0.6) is 0 Å². The van der Waals surface area contributed by atoms with Gasteiger partial charge >= 0.3 is 0 Å². The Morgan fingerprint density at radius 1 is 1.20 bits per heavy atom. The van der Waals surface area contributed by atoms with Crippen LogP contribution in [0.2, 0.25) is 0 Å². The normalized spacial score (nSPS) is 16.4. The van der Waals surface area contributed by atoms with Crippen molar-refractivity contribution < 1.29 is 9.59 Å². The highest BCUT2D eigenvalue weighted by atomic mass is 16.2.